The molecule has 0 saturated heterocycles. The van der Waals surface area contributed by atoms with E-state index in [0.717, 1.165) is 17.5 Å². The Morgan fingerprint density at radius 1 is 1.21 bits per heavy atom. The summed E-state index contributed by atoms with van der Waals surface area (Å²) in [5.74, 6) is 0.894. The molecule has 13 heteroatoms. The second-order valence-corrected chi connectivity index (χ2v) is 9.61. The number of hydrogen-bond acceptors (Lipinski definition) is 9. The third kappa shape index (κ3) is 4.85. The van der Waals surface area contributed by atoms with Crippen LogP contribution in [-0.4, -0.2) is 58.7 Å². The van der Waals surface area contributed by atoms with Crippen LogP contribution in [0.1, 0.15) is 48.6 Å². The Morgan fingerprint density at radius 2 is 2.00 bits per heavy atom. The second-order valence-electron chi connectivity index (χ2n) is 9.61. The normalized spacial score (nSPS) is 21.5. The average molecular weight is 522 g/mol. The van der Waals surface area contributed by atoms with Crippen molar-refractivity contribution in [3.63, 3.8) is 0 Å². The van der Waals surface area contributed by atoms with Gasteiger partial charge in [0.1, 0.15) is 11.4 Å². The molecule has 0 unspecified atom stereocenters. The SMILES string of the molecule is COC1(C(=O)N[C@@H](C)c2ccc(-n3cc(F)cn3)nc2)CC(O)(c2nc(C)cc(Nc3cc(C)[nH]n3)n2)C1. The van der Waals surface area contributed by atoms with Gasteiger partial charge in [0.2, 0.25) is 0 Å². The fraction of sp³-hybridized carbons (Fsp3) is 0.360. The maximum atomic E-state index is 13.3. The summed E-state index contributed by atoms with van der Waals surface area (Å²) in [4.78, 5) is 26.5. The summed E-state index contributed by atoms with van der Waals surface area (Å²) in [5.41, 5.74) is -0.408. The van der Waals surface area contributed by atoms with E-state index in [-0.39, 0.29) is 24.6 Å². The Bertz CT molecular complexity index is 1460. The van der Waals surface area contributed by atoms with Crippen molar-refractivity contribution in [1.82, 2.24) is 40.2 Å². The first-order valence-electron chi connectivity index (χ1n) is 12.0. The summed E-state index contributed by atoms with van der Waals surface area (Å²) in [6.07, 6.45) is 3.89. The first kappa shape index (κ1) is 25.4. The number of halogens is 1. The fourth-order valence-electron chi connectivity index (χ4n) is 4.53. The van der Waals surface area contributed by atoms with Gasteiger partial charge in [0, 0.05) is 49.7 Å². The summed E-state index contributed by atoms with van der Waals surface area (Å²) in [6.45, 7) is 5.50. The lowest BCUT2D eigenvalue weighted by Gasteiger charge is -2.50. The molecule has 0 bridgehead atoms. The van der Waals surface area contributed by atoms with E-state index in [4.69, 9.17) is 4.74 Å². The third-order valence-electron chi connectivity index (χ3n) is 6.60. The van der Waals surface area contributed by atoms with Crippen LogP contribution < -0.4 is 10.6 Å². The molecule has 1 fully saturated rings. The number of carbonyl (C=O) groups excluding carboxylic acids is 1. The zero-order valence-corrected chi connectivity index (χ0v) is 21.4. The summed E-state index contributed by atoms with van der Waals surface area (Å²) < 4.78 is 20.2. The molecule has 12 nitrogen and oxygen atoms in total. The topological polar surface area (TPSA) is 156 Å². The van der Waals surface area contributed by atoms with Crippen LogP contribution in [0.4, 0.5) is 16.0 Å². The number of H-pyrrole nitrogens is 1. The molecule has 0 spiro atoms. The van der Waals surface area contributed by atoms with Crippen LogP contribution in [0.5, 0.6) is 0 Å². The molecule has 1 amide bonds. The number of methoxy groups -OCH3 is 1. The molecule has 1 aliphatic carbocycles. The highest BCUT2D eigenvalue weighted by Crippen LogP contribution is 2.49. The Morgan fingerprint density at radius 3 is 2.61 bits per heavy atom. The number of ether oxygens (including phenoxy) is 1. The Balaban J connectivity index is 1.27. The highest BCUT2D eigenvalue weighted by Gasteiger charge is 2.61. The van der Waals surface area contributed by atoms with E-state index in [0.29, 0.717) is 23.1 Å². The summed E-state index contributed by atoms with van der Waals surface area (Å²) >= 11 is 0. The number of amides is 1. The van der Waals surface area contributed by atoms with Gasteiger partial charge in [-0.1, -0.05) is 6.07 Å². The molecule has 0 aliphatic heterocycles. The quantitative estimate of drug-likeness (QED) is 0.274. The van der Waals surface area contributed by atoms with Gasteiger partial charge in [0.05, 0.1) is 18.4 Å². The predicted molar refractivity (Wildman–Crippen MR) is 134 cm³/mol. The zero-order chi connectivity index (χ0) is 27.1. The van der Waals surface area contributed by atoms with E-state index < -0.39 is 23.1 Å². The summed E-state index contributed by atoms with van der Waals surface area (Å²) in [6, 6.07) is 6.64. The van der Waals surface area contributed by atoms with Gasteiger partial charge in [0.15, 0.2) is 28.9 Å². The number of aliphatic hydroxyl groups is 1. The molecule has 4 aromatic rings. The van der Waals surface area contributed by atoms with Gasteiger partial charge in [-0.25, -0.2) is 24.0 Å². The van der Waals surface area contributed by atoms with Crippen molar-refractivity contribution >= 4 is 17.5 Å². The van der Waals surface area contributed by atoms with Crippen molar-refractivity contribution < 1.29 is 19.0 Å². The number of anilines is 2. The number of aromatic amines is 1. The van der Waals surface area contributed by atoms with Crippen molar-refractivity contribution in [2.24, 2.45) is 0 Å². The second kappa shape index (κ2) is 9.58. The number of carbonyl (C=O) groups is 1. The molecule has 0 aromatic carbocycles. The van der Waals surface area contributed by atoms with E-state index in [9.17, 15) is 14.3 Å². The number of aromatic nitrogens is 7. The fourth-order valence-corrected chi connectivity index (χ4v) is 4.53. The van der Waals surface area contributed by atoms with Gasteiger partial charge in [-0.2, -0.15) is 10.2 Å². The average Bonchev–Trinajstić information content (AvgIpc) is 3.49. The first-order valence-corrected chi connectivity index (χ1v) is 12.0. The van der Waals surface area contributed by atoms with Gasteiger partial charge in [-0.15, -0.1) is 0 Å². The van der Waals surface area contributed by atoms with Crippen LogP contribution in [-0.2, 0) is 15.1 Å². The largest absolute Gasteiger partial charge is 0.382 e. The van der Waals surface area contributed by atoms with Crippen molar-refractivity contribution in [2.75, 3.05) is 12.4 Å². The number of aryl methyl sites for hydroxylation is 2. The van der Waals surface area contributed by atoms with Crippen LogP contribution in [0, 0.1) is 19.7 Å². The van der Waals surface area contributed by atoms with E-state index in [1.807, 2.05) is 19.9 Å². The zero-order valence-electron chi connectivity index (χ0n) is 21.4. The molecule has 198 valence electrons. The maximum absolute atomic E-state index is 13.3. The van der Waals surface area contributed by atoms with Gasteiger partial charge < -0.3 is 20.5 Å². The van der Waals surface area contributed by atoms with Crippen LogP contribution in [0.25, 0.3) is 5.82 Å². The maximum Gasteiger partial charge on any atom is 0.252 e. The monoisotopic (exact) mass is 521 g/mol. The van der Waals surface area contributed by atoms with E-state index in [2.05, 4.69) is 40.9 Å². The van der Waals surface area contributed by atoms with E-state index in [1.54, 1.807) is 31.3 Å². The van der Waals surface area contributed by atoms with Gasteiger partial charge >= 0.3 is 0 Å². The van der Waals surface area contributed by atoms with Crippen LogP contribution >= 0.6 is 0 Å². The highest BCUT2D eigenvalue weighted by atomic mass is 19.1. The van der Waals surface area contributed by atoms with Crippen LogP contribution in [0.3, 0.4) is 0 Å². The summed E-state index contributed by atoms with van der Waals surface area (Å²) in [7, 11) is 1.44. The van der Waals surface area contributed by atoms with Crippen molar-refractivity contribution in [2.45, 2.75) is 50.9 Å². The molecular weight excluding hydrogens is 493 g/mol. The molecule has 5 rings (SSSR count). The molecule has 1 atom stereocenters. The lowest BCUT2D eigenvalue weighted by Crippen LogP contribution is -2.64. The highest BCUT2D eigenvalue weighted by molar-refractivity contribution is 5.87. The minimum absolute atomic E-state index is 0.0124. The standard InChI is InChI=1S/C25H28FN9O3/c1-14-7-19(31-20-8-15(2)33-34-20)32-22(29-14)24(37)12-25(13-24,38-4)23(36)30-16(3)17-5-6-21(27-9-17)35-11-18(26)10-28-35/h5-11,16,37H,12-13H2,1-4H3,(H,30,36)(H2,29,31,32,33,34)/t16-,24?,25?/m0/s1. The Labute approximate surface area is 217 Å². The number of nitrogens with zero attached hydrogens (tertiary/aromatic N) is 6. The van der Waals surface area contributed by atoms with Crippen molar-refractivity contribution in [3.8, 4) is 5.82 Å². The molecule has 4 heterocycles. The molecule has 1 saturated carbocycles. The number of rotatable bonds is 8. The molecule has 4 aromatic heterocycles. The number of nitrogens with one attached hydrogen (secondary N) is 3. The predicted octanol–water partition coefficient (Wildman–Crippen LogP) is 2.52. The minimum atomic E-state index is -1.44. The van der Waals surface area contributed by atoms with Gasteiger partial charge in [-0.05, 0) is 32.4 Å². The Hall–Kier alpha value is -4.23. The lowest BCUT2D eigenvalue weighted by atomic mass is 9.65. The van der Waals surface area contributed by atoms with Crippen molar-refractivity contribution in [1.29, 1.82) is 0 Å². The lowest BCUT2D eigenvalue weighted by molar-refractivity contribution is -0.208. The van der Waals surface area contributed by atoms with Crippen LogP contribution in [0.15, 0.2) is 42.9 Å². The molecule has 38 heavy (non-hydrogen) atoms. The van der Waals surface area contributed by atoms with Gasteiger partial charge in [-0.3, -0.25) is 9.89 Å². The third-order valence-corrected chi connectivity index (χ3v) is 6.60. The van der Waals surface area contributed by atoms with E-state index in [1.165, 1.54) is 18.0 Å². The number of pyridine rings is 1. The van der Waals surface area contributed by atoms with E-state index >= 15 is 0 Å². The Kier molecular flexibility index (Phi) is 6.41. The van der Waals surface area contributed by atoms with Crippen LogP contribution in [0.2, 0.25) is 0 Å². The molecule has 0 radical (unpaired) electrons. The number of hydrogen-bond donors (Lipinski definition) is 4. The first-order chi connectivity index (χ1) is 18.1. The minimum Gasteiger partial charge on any atom is -0.382 e. The molecule has 1 aliphatic rings. The smallest absolute Gasteiger partial charge is 0.252 e. The van der Waals surface area contributed by atoms with Gasteiger partial charge in [0.25, 0.3) is 5.91 Å². The van der Waals surface area contributed by atoms with Crippen molar-refractivity contribution in [3.05, 3.63) is 71.4 Å². The summed E-state index contributed by atoms with van der Waals surface area (Å²) in [5, 5.41) is 28.3. The molecule has 4 N–H and O–H groups in total. The molecular formula is C25H28FN9O3.